The second kappa shape index (κ2) is 11.8. The minimum atomic E-state index is -1.39. The van der Waals surface area contributed by atoms with Crippen molar-refractivity contribution in [2.24, 2.45) is 16.7 Å². The summed E-state index contributed by atoms with van der Waals surface area (Å²) >= 11 is 0. The zero-order chi connectivity index (χ0) is 26.6. The average Bonchev–Trinajstić information content (AvgIpc) is 2.70. The van der Waals surface area contributed by atoms with Gasteiger partial charge in [0.05, 0.1) is 18.2 Å². The summed E-state index contributed by atoms with van der Waals surface area (Å²) in [5.41, 5.74) is 1.58. The monoisotopic (exact) mass is 519 g/mol. The predicted molar refractivity (Wildman–Crippen MR) is 146 cm³/mol. The zero-order valence-corrected chi connectivity index (χ0v) is 25.6. The van der Waals surface area contributed by atoms with Gasteiger partial charge in [0.2, 0.25) is 14.9 Å². The van der Waals surface area contributed by atoms with Crippen LogP contribution in [-0.4, -0.2) is 46.8 Å². The topological polar surface area (TPSA) is 65.1 Å². The Morgan fingerprint density at radius 3 is 2.20 bits per heavy atom. The van der Waals surface area contributed by atoms with Crippen molar-refractivity contribution in [3.8, 4) is 0 Å². The standard InChI is InChI=1S/C27H45NO5Si2/c1-19(33-25(30)31-17-20-14-12-11-13-15-20)16-27(5,6)22-23(28(24(22)29)34(7)8)21(26(2,3)4)18-32-35(9)10/h11-15,18-19,22-23,34-35H,16-17H2,1-10H3/b21-18+/t19-,22+,23-/m1/s1. The number of amides is 1. The van der Waals surface area contributed by atoms with Crippen LogP contribution in [0.4, 0.5) is 4.79 Å². The van der Waals surface area contributed by atoms with Crippen LogP contribution in [-0.2, 0) is 25.3 Å². The van der Waals surface area contributed by atoms with Gasteiger partial charge in [-0.05, 0) is 48.4 Å². The van der Waals surface area contributed by atoms with Crippen molar-refractivity contribution in [1.82, 2.24) is 4.57 Å². The molecule has 8 heteroatoms. The molecule has 1 aliphatic rings. The first-order valence-electron chi connectivity index (χ1n) is 12.7. The van der Waals surface area contributed by atoms with Crippen molar-refractivity contribution in [2.45, 2.75) is 92.9 Å². The Balaban J connectivity index is 2.16. The van der Waals surface area contributed by atoms with Crippen molar-refractivity contribution in [3.63, 3.8) is 0 Å². The highest BCUT2D eigenvalue weighted by molar-refractivity contribution is 6.56. The van der Waals surface area contributed by atoms with E-state index in [0.29, 0.717) is 6.42 Å². The Labute approximate surface area is 215 Å². The minimum Gasteiger partial charge on any atom is -0.552 e. The van der Waals surface area contributed by atoms with Gasteiger partial charge in [-0.1, -0.05) is 78.0 Å². The molecule has 0 N–H and O–H groups in total. The molecular formula is C27H45NO5Si2. The molecule has 0 spiro atoms. The third-order valence-corrected chi connectivity index (χ3v) is 8.87. The molecule has 1 saturated heterocycles. The summed E-state index contributed by atoms with van der Waals surface area (Å²) in [6.45, 7) is 21.5. The number of nitrogens with zero attached hydrogens (tertiary/aromatic N) is 1. The lowest BCUT2D eigenvalue weighted by Gasteiger charge is -2.58. The summed E-state index contributed by atoms with van der Waals surface area (Å²) in [6.07, 6.45) is 1.44. The van der Waals surface area contributed by atoms with Crippen LogP contribution in [0.5, 0.6) is 0 Å². The van der Waals surface area contributed by atoms with Crippen LogP contribution in [0.3, 0.4) is 0 Å². The molecule has 35 heavy (non-hydrogen) atoms. The molecule has 0 aromatic heterocycles. The molecule has 1 amide bonds. The Morgan fingerprint density at radius 2 is 1.69 bits per heavy atom. The second-order valence-corrected chi connectivity index (χ2v) is 17.0. The number of β-lactam (4-membered cyclic amide) rings is 1. The summed E-state index contributed by atoms with van der Waals surface area (Å²) in [6, 6.07) is 9.53. The Bertz CT molecular complexity index is 893. The highest BCUT2D eigenvalue weighted by Crippen LogP contribution is 2.50. The van der Waals surface area contributed by atoms with Gasteiger partial charge in [0.25, 0.3) is 0 Å². The van der Waals surface area contributed by atoms with Gasteiger partial charge < -0.3 is 18.5 Å². The maximum Gasteiger partial charge on any atom is 0.508 e. The Kier molecular flexibility index (Phi) is 9.82. The number of hydrogen-bond acceptors (Lipinski definition) is 5. The normalized spacial score (nSPS) is 20.1. The van der Waals surface area contributed by atoms with Crippen LogP contribution < -0.4 is 0 Å². The summed E-state index contributed by atoms with van der Waals surface area (Å²) in [5.74, 6) is 0.0177. The Morgan fingerprint density at radius 1 is 1.09 bits per heavy atom. The van der Waals surface area contributed by atoms with E-state index in [1.165, 1.54) is 5.57 Å². The van der Waals surface area contributed by atoms with E-state index < -0.39 is 24.2 Å². The third-order valence-electron chi connectivity index (χ3n) is 6.50. The zero-order valence-electron chi connectivity index (χ0n) is 23.3. The van der Waals surface area contributed by atoms with E-state index >= 15 is 0 Å². The van der Waals surface area contributed by atoms with E-state index in [2.05, 4.69) is 65.4 Å². The highest BCUT2D eigenvalue weighted by atomic mass is 28.3. The molecule has 0 aliphatic carbocycles. The van der Waals surface area contributed by atoms with E-state index in [0.717, 1.165) is 5.56 Å². The number of hydrogen-bond donors (Lipinski definition) is 0. The van der Waals surface area contributed by atoms with E-state index in [9.17, 15) is 9.59 Å². The molecule has 1 aliphatic heterocycles. The summed E-state index contributed by atoms with van der Waals surface area (Å²) in [4.78, 5) is 25.8. The lowest BCUT2D eigenvalue weighted by Crippen LogP contribution is -2.70. The fraction of sp³-hybridized carbons (Fsp3) is 0.630. The molecule has 2 rings (SSSR count). The number of carbonyl (C=O) groups excluding carboxylic acids is 2. The predicted octanol–water partition coefficient (Wildman–Crippen LogP) is 5.89. The third kappa shape index (κ3) is 7.71. The molecule has 0 unspecified atom stereocenters. The van der Waals surface area contributed by atoms with Gasteiger partial charge in [0.15, 0.2) is 0 Å². The van der Waals surface area contributed by atoms with Crippen LogP contribution in [0.1, 0.15) is 53.5 Å². The lowest BCUT2D eigenvalue weighted by molar-refractivity contribution is -0.155. The molecule has 196 valence electrons. The number of ether oxygens (including phenoxy) is 2. The van der Waals surface area contributed by atoms with E-state index in [1.807, 2.05) is 43.5 Å². The van der Waals surface area contributed by atoms with E-state index in [1.54, 1.807) is 0 Å². The first-order chi connectivity index (χ1) is 16.1. The highest BCUT2D eigenvalue weighted by Gasteiger charge is 2.57. The SMILES string of the molecule is C[C@H](CC(C)(C)[C@@H]1C(=O)N([SiH](C)C)[C@@H]1/C(=C\O[SiH](C)C)C(C)(C)C)OC(=O)OCc1ccccc1. The summed E-state index contributed by atoms with van der Waals surface area (Å²) < 4.78 is 19.1. The lowest BCUT2D eigenvalue weighted by atomic mass is 9.62. The van der Waals surface area contributed by atoms with Gasteiger partial charge >= 0.3 is 6.16 Å². The molecule has 0 bridgehead atoms. The fourth-order valence-corrected chi connectivity index (χ4v) is 6.97. The number of rotatable bonds is 10. The van der Waals surface area contributed by atoms with Crippen LogP contribution in [0.25, 0.3) is 0 Å². The van der Waals surface area contributed by atoms with Gasteiger partial charge in [-0.25, -0.2) is 4.79 Å². The smallest absolute Gasteiger partial charge is 0.508 e. The van der Waals surface area contributed by atoms with Crippen molar-refractivity contribution < 1.29 is 23.5 Å². The minimum absolute atomic E-state index is 0.00847. The molecule has 0 saturated carbocycles. The molecule has 1 heterocycles. The maximum absolute atomic E-state index is 13.5. The second-order valence-electron chi connectivity index (χ2n) is 11.9. The first kappa shape index (κ1) is 29.2. The van der Waals surface area contributed by atoms with E-state index in [-0.39, 0.29) is 41.4 Å². The van der Waals surface area contributed by atoms with Crippen LogP contribution in [0.15, 0.2) is 42.2 Å². The average molecular weight is 520 g/mol. The molecule has 1 aromatic rings. The molecule has 0 radical (unpaired) electrons. The van der Waals surface area contributed by atoms with Crippen LogP contribution in [0.2, 0.25) is 26.2 Å². The van der Waals surface area contributed by atoms with Crippen molar-refractivity contribution >= 4 is 30.1 Å². The largest absolute Gasteiger partial charge is 0.552 e. The van der Waals surface area contributed by atoms with Gasteiger partial charge in [-0.2, -0.15) is 0 Å². The quantitative estimate of drug-likeness (QED) is 0.167. The molecule has 6 nitrogen and oxygen atoms in total. The van der Waals surface area contributed by atoms with Crippen LogP contribution >= 0.6 is 0 Å². The van der Waals surface area contributed by atoms with Crippen molar-refractivity contribution in [3.05, 3.63) is 47.7 Å². The molecular weight excluding hydrogens is 474 g/mol. The Hall–Kier alpha value is -2.07. The molecule has 3 atom stereocenters. The first-order valence-corrected chi connectivity index (χ1v) is 18.3. The van der Waals surface area contributed by atoms with Gasteiger partial charge in [-0.3, -0.25) is 4.79 Å². The van der Waals surface area contributed by atoms with Crippen molar-refractivity contribution in [2.75, 3.05) is 0 Å². The summed E-state index contributed by atoms with van der Waals surface area (Å²) in [7, 11) is -2.65. The molecule has 1 aromatic carbocycles. The van der Waals surface area contributed by atoms with Gasteiger partial charge in [-0.15, -0.1) is 0 Å². The van der Waals surface area contributed by atoms with Gasteiger partial charge in [0, 0.05) is 0 Å². The summed E-state index contributed by atoms with van der Waals surface area (Å²) in [5, 5.41) is 0. The number of carbonyl (C=O) groups is 2. The van der Waals surface area contributed by atoms with Crippen LogP contribution in [0, 0.1) is 16.7 Å². The molecule has 1 fully saturated rings. The maximum atomic E-state index is 13.5. The fourth-order valence-electron chi connectivity index (χ4n) is 4.90. The van der Waals surface area contributed by atoms with Crippen molar-refractivity contribution in [1.29, 1.82) is 0 Å². The number of benzene rings is 1. The van der Waals surface area contributed by atoms with E-state index in [4.69, 9.17) is 13.9 Å². The van der Waals surface area contributed by atoms with Gasteiger partial charge in [0.1, 0.15) is 21.7 Å².